The number of nitrogens with two attached hydrogens (primary N) is 1. The van der Waals surface area contributed by atoms with Crippen LogP contribution in [0.15, 0.2) is 30.3 Å². The van der Waals surface area contributed by atoms with E-state index < -0.39 is 0 Å². The summed E-state index contributed by atoms with van der Waals surface area (Å²) in [5, 5.41) is 8.39. The lowest BCUT2D eigenvalue weighted by Gasteiger charge is -2.09. The van der Waals surface area contributed by atoms with Crippen molar-refractivity contribution >= 4 is 0 Å². The van der Waals surface area contributed by atoms with Crippen molar-refractivity contribution in [2.75, 3.05) is 0 Å². The molecule has 1 aromatic heterocycles. The van der Waals surface area contributed by atoms with Gasteiger partial charge < -0.3 is 10.5 Å². The van der Waals surface area contributed by atoms with E-state index in [1.54, 1.807) is 0 Å². The van der Waals surface area contributed by atoms with Crippen LogP contribution in [-0.4, -0.2) is 15.0 Å². The monoisotopic (exact) mass is 302 g/mol. The molecule has 1 heterocycles. The number of aryl methyl sites for hydroxylation is 1. The topological polar surface area (TPSA) is 66.0 Å². The van der Waals surface area contributed by atoms with Crippen molar-refractivity contribution in [3.05, 3.63) is 41.7 Å². The van der Waals surface area contributed by atoms with Crippen LogP contribution in [0.4, 0.5) is 0 Å². The van der Waals surface area contributed by atoms with E-state index >= 15 is 0 Å². The lowest BCUT2D eigenvalue weighted by atomic mass is 10.1. The second-order valence-electron chi connectivity index (χ2n) is 5.43. The highest BCUT2D eigenvalue weighted by atomic mass is 16.5. The number of hydrogen-bond acceptors (Lipinski definition) is 4. The van der Waals surface area contributed by atoms with Crippen LogP contribution >= 0.6 is 0 Å². The average Bonchev–Trinajstić information content (AvgIpc) is 2.95. The molecule has 0 atom stereocenters. The van der Waals surface area contributed by atoms with Crippen LogP contribution in [0.5, 0.6) is 5.75 Å². The minimum Gasteiger partial charge on any atom is -0.487 e. The molecule has 1 aromatic carbocycles. The second kappa shape index (κ2) is 9.20. The summed E-state index contributed by atoms with van der Waals surface area (Å²) in [6.07, 6.45) is 6.19. The predicted octanol–water partition coefficient (Wildman–Crippen LogP) is 3.29. The molecule has 0 aliphatic carbocycles. The molecule has 120 valence electrons. The average molecular weight is 302 g/mol. The summed E-state index contributed by atoms with van der Waals surface area (Å²) >= 11 is 0. The Morgan fingerprint density at radius 2 is 1.86 bits per heavy atom. The van der Waals surface area contributed by atoms with Crippen LogP contribution in [0.1, 0.15) is 50.4 Å². The predicted molar refractivity (Wildman–Crippen MR) is 87.4 cm³/mol. The molecule has 0 aliphatic heterocycles. The summed E-state index contributed by atoms with van der Waals surface area (Å²) in [5.74, 6) is 0.848. The van der Waals surface area contributed by atoms with Gasteiger partial charge in [0.15, 0.2) is 0 Å². The van der Waals surface area contributed by atoms with E-state index in [9.17, 15) is 0 Å². The molecule has 0 saturated heterocycles. The van der Waals surface area contributed by atoms with E-state index in [0.717, 1.165) is 30.1 Å². The first-order valence-electron chi connectivity index (χ1n) is 8.14. The highest BCUT2D eigenvalue weighted by Gasteiger charge is 2.12. The summed E-state index contributed by atoms with van der Waals surface area (Å²) in [6.45, 7) is 3.95. The standard InChI is InChI=1S/C17H26N4O/c1-2-3-4-5-9-12-21-17(16(13-18)19-20-21)14-22-15-10-7-6-8-11-15/h6-8,10-11H,2-5,9,12-14,18H2,1H3. The first kappa shape index (κ1) is 16.5. The maximum absolute atomic E-state index is 5.82. The lowest BCUT2D eigenvalue weighted by Crippen LogP contribution is -2.11. The van der Waals surface area contributed by atoms with Crippen molar-refractivity contribution in [1.29, 1.82) is 0 Å². The molecule has 0 fully saturated rings. The number of ether oxygens (including phenoxy) is 1. The fourth-order valence-electron chi connectivity index (χ4n) is 2.40. The molecule has 0 saturated carbocycles. The summed E-state index contributed by atoms with van der Waals surface area (Å²) < 4.78 is 7.76. The van der Waals surface area contributed by atoms with Gasteiger partial charge in [-0.25, -0.2) is 4.68 Å². The van der Waals surface area contributed by atoms with Gasteiger partial charge >= 0.3 is 0 Å². The van der Waals surface area contributed by atoms with Gasteiger partial charge in [0.05, 0.1) is 0 Å². The molecule has 0 spiro atoms. The molecule has 2 aromatic rings. The van der Waals surface area contributed by atoms with E-state index in [0.29, 0.717) is 13.2 Å². The smallest absolute Gasteiger partial charge is 0.132 e. The Hall–Kier alpha value is -1.88. The second-order valence-corrected chi connectivity index (χ2v) is 5.43. The van der Waals surface area contributed by atoms with Crippen molar-refractivity contribution < 1.29 is 4.74 Å². The Balaban J connectivity index is 1.91. The summed E-state index contributed by atoms with van der Waals surface area (Å²) in [6, 6.07) is 9.78. The number of unbranched alkanes of at least 4 members (excludes halogenated alkanes) is 4. The summed E-state index contributed by atoms with van der Waals surface area (Å²) in [4.78, 5) is 0. The molecule has 0 radical (unpaired) electrons. The maximum Gasteiger partial charge on any atom is 0.132 e. The van der Waals surface area contributed by atoms with Crippen LogP contribution in [0.25, 0.3) is 0 Å². The normalized spacial score (nSPS) is 10.8. The van der Waals surface area contributed by atoms with Gasteiger partial charge in [0.2, 0.25) is 0 Å². The zero-order chi connectivity index (χ0) is 15.6. The quantitative estimate of drug-likeness (QED) is 0.684. The Morgan fingerprint density at radius 3 is 2.59 bits per heavy atom. The first-order chi connectivity index (χ1) is 10.8. The third-order valence-corrected chi connectivity index (χ3v) is 3.70. The molecule has 0 unspecified atom stereocenters. The number of aromatic nitrogens is 3. The van der Waals surface area contributed by atoms with Crippen LogP contribution in [0.3, 0.4) is 0 Å². The third kappa shape index (κ3) is 4.84. The minimum absolute atomic E-state index is 0.392. The van der Waals surface area contributed by atoms with Gasteiger partial charge in [0.25, 0.3) is 0 Å². The van der Waals surface area contributed by atoms with Gasteiger partial charge in [-0.15, -0.1) is 5.10 Å². The largest absolute Gasteiger partial charge is 0.487 e. The van der Waals surface area contributed by atoms with Gasteiger partial charge in [0, 0.05) is 13.1 Å². The molecule has 5 nitrogen and oxygen atoms in total. The lowest BCUT2D eigenvalue weighted by molar-refractivity contribution is 0.289. The van der Waals surface area contributed by atoms with E-state index in [1.807, 2.05) is 35.0 Å². The zero-order valence-electron chi connectivity index (χ0n) is 13.4. The molecular formula is C17H26N4O. The molecule has 5 heteroatoms. The van der Waals surface area contributed by atoms with Crippen molar-refractivity contribution in [2.24, 2.45) is 5.73 Å². The van der Waals surface area contributed by atoms with Gasteiger partial charge in [-0.05, 0) is 18.6 Å². The summed E-state index contributed by atoms with van der Waals surface area (Å²) in [5.41, 5.74) is 7.57. The Morgan fingerprint density at radius 1 is 1.09 bits per heavy atom. The number of para-hydroxylation sites is 1. The number of benzene rings is 1. The van der Waals surface area contributed by atoms with Gasteiger partial charge in [-0.1, -0.05) is 56.0 Å². The number of rotatable bonds is 10. The van der Waals surface area contributed by atoms with Crippen molar-refractivity contribution in [3.63, 3.8) is 0 Å². The number of nitrogens with zero attached hydrogens (tertiary/aromatic N) is 3. The van der Waals surface area contributed by atoms with E-state index in [2.05, 4.69) is 17.2 Å². The highest BCUT2D eigenvalue weighted by Crippen LogP contribution is 2.14. The van der Waals surface area contributed by atoms with Crippen molar-refractivity contribution in [1.82, 2.24) is 15.0 Å². The molecule has 0 amide bonds. The zero-order valence-corrected chi connectivity index (χ0v) is 13.4. The Kier molecular flexibility index (Phi) is 6.90. The van der Waals surface area contributed by atoms with Crippen LogP contribution < -0.4 is 10.5 Å². The van der Waals surface area contributed by atoms with E-state index in [-0.39, 0.29) is 0 Å². The fourth-order valence-corrected chi connectivity index (χ4v) is 2.40. The minimum atomic E-state index is 0.392. The SMILES string of the molecule is CCCCCCCn1nnc(CN)c1COc1ccccc1. The molecule has 0 bridgehead atoms. The third-order valence-electron chi connectivity index (χ3n) is 3.70. The van der Waals surface area contributed by atoms with Crippen LogP contribution in [0, 0.1) is 0 Å². The fraction of sp³-hybridized carbons (Fsp3) is 0.529. The molecule has 2 rings (SSSR count). The van der Waals surface area contributed by atoms with Crippen LogP contribution in [-0.2, 0) is 19.7 Å². The number of hydrogen-bond donors (Lipinski definition) is 1. The molecule has 0 aliphatic rings. The van der Waals surface area contributed by atoms with E-state index in [4.69, 9.17) is 10.5 Å². The van der Waals surface area contributed by atoms with Gasteiger partial charge in [-0.2, -0.15) is 0 Å². The molecular weight excluding hydrogens is 276 g/mol. The Bertz CT molecular complexity index is 539. The van der Waals surface area contributed by atoms with Gasteiger partial charge in [0.1, 0.15) is 23.7 Å². The maximum atomic E-state index is 5.82. The van der Waals surface area contributed by atoms with Crippen molar-refractivity contribution in [3.8, 4) is 5.75 Å². The van der Waals surface area contributed by atoms with Gasteiger partial charge in [-0.3, -0.25) is 0 Å². The first-order valence-corrected chi connectivity index (χ1v) is 8.14. The Labute approximate surface area is 132 Å². The highest BCUT2D eigenvalue weighted by molar-refractivity contribution is 5.21. The molecule has 22 heavy (non-hydrogen) atoms. The summed E-state index contributed by atoms with van der Waals surface area (Å²) in [7, 11) is 0. The van der Waals surface area contributed by atoms with Crippen LogP contribution in [0.2, 0.25) is 0 Å². The van der Waals surface area contributed by atoms with E-state index in [1.165, 1.54) is 25.7 Å². The van der Waals surface area contributed by atoms with Crippen molar-refractivity contribution in [2.45, 2.75) is 58.7 Å². The molecule has 2 N–H and O–H groups in total.